The van der Waals surface area contributed by atoms with Gasteiger partial charge in [0.15, 0.2) is 0 Å². The lowest BCUT2D eigenvalue weighted by Crippen LogP contribution is -2.44. The molecule has 1 atom stereocenters. The highest BCUT2D eigenvalue weighted by molar-refractivity contribution is 7.89. The first kappa shape index (κ1) is 21.7. The normalized spacial score (nSPS) is 20.7. The Hall–Kier alpha value is -2.56. The molecule has 8 nitrogen and oxygen atoms in total. The third-order valence-electron chi connectivity index (χ3n) is 5.77. The van der Waals surface area contributed by atoms with Crippen molar-refractivity contribution in [3.63, 3.8) is 0 Å². The predicted octanol–water partition coefficient (Wildman–Crippen LogP) is 1.76. The fourth-order valence-electron chi connectivity index (χ4n) is 3.94. The van der Waals surface area contributed by atoms with Gasteiger partial charge < -0.3 is 15.1 Å². The van der Waals surface area contributed by atoms with E-state index in [-0.39, 0.29) is 11.4 Å². The minimum Gasteiger partial charge on any atom is -0.354 e. The van der Waals surface area contributed by atoms with Crippen molar-refractivity contribution in [1.82, 2.24) is 14.2 Å². The summed E-state index contributed by atoms with van der Waals surface area (Å²) >= 11 is 0. The van der Waals surface area contributed by atoms with Gasteiger partial charge in [-0.3, -0.25) is 4.79 Å². The average Bonchev–Trinajstić information content (AvgIpc) is 3.26. The molecule has 2 fully saturated rings. The maximum absolute atomic E-state index is 13.2. The van der Waals surface area contributed by atoms with Crippen LogP contribution in [0.4, 0.5) is 15.9 Å². The Morgan fingerprint density at radius 2 is 1.77 bits per heavy atom. The van der Waals surface area contributed by atoms with Crippen molar-refractivity contribution >= 4 is 27.4 Å². The SMILES string of the molecule is CN1CCN(c2ccc(NC(=O)[C@H]3CCCN3S(=O)(=O)c3ccc(F)cc3)cn2)CC1. The number of aromatic nitrogens is 1. The number of pyridine rings is 1. The number of hydrogen-bond donors (Lipinski definition) is 1. The Bertz CT molecular complexity index is 1020. The van der Waals surface area contributed by atoms with Crippen LogP contribution in [0.5, 0.6) is 0 Å². The van der Waals surface area contributed by atoms with Crippen molar-refractivity contribution in [2.24, 2.45) is 0 Å². The molecule has 2 aliphatic heterocycles. The van der Waals surface area contributed by atoms with Gasteiger partial charge in [0.2, 0.25) is 15.9 Å². The van der Waals surface area contributed by atoms with E-state index in [0.717, 1.165) is 44.1 Å². The molecule has 1 amide bonds. The molecule has 1 aromatic heterocycles. The first-order valence-corrected chi connectivity index (χ1v) is 11.8. The van der Waals surface area contributed by atoms with Gasteiger partial charge >= 0.3 is 0 Å². The standard InChI is InChI=1S/C21H26FN5O3S/c1-25-11-13-26(14-12-25)20-9-6-17(15-23-20)24-21(28)19-3-2-10-27(19)31(29,30)18-7-4-16(22)5-8-18/h4-9,15,19H,2-3,10-14H2,1H3,(H,24,28)/t19-/m1/s1. The first-order valence-electron chi connectivity index (χ1n) is 10.3. The summed E-state index contributed by atoms with van der Waals surface area (Å²) in [5, 5.41) is 2.79. The highest BCUT2D eigenvalue weighted by Gasteiger charge is 2.39. The molecule has 0 bridgehead atoms. The lowest BCUT2D eigenvalue weighted by molar-refractivity contribution is -0.119. The van der Waals surface area contributed by atoms with E-state index in [4.69, 9.17) is 0 Å². The number of carbonyl (C=O) groups excluding carboxylic acids is 1. The van der Waals surface area contributed by atoms with Crippen LogP contribution in [0.1, 0.15) is 12.8 Å². The third-order valence-corrected chi connectivity index (χ3v) is 7.69. The van der Waals surface area contributed by atoms with E-state index in [9.17, 15) is 17.6 Å². The summed E-state index contributed by atoms with van der Waals surface area (Å²) in [5.74, 6) is -0.0491. The Balaban J connectivity index is 1.43. The zero-order chi connectivity index (χ0) is 22.0. The maximum atomic E-state index is 13.2. The molecule has 166 valence electrons. The van der Waals surface area contributed by atoms with Gasteiger partial charge in [-0.05, 0) is 56.3 Å². The van der Waals surface area contributed by atoms with E-state index < -0.39 is 27.8 Å². The summed E-state index contributed by atoms with van der Waals surface area (Å²) in [6.45, 7) is 3.99. The van der Waals surface area contributed by atoms with Crippen molar-refractivity contribution in [2.45, 2.75) is 23.8 Å². The molecule has 2 saturated heterocycles. The molecule has 0 aliphatic carbocycles. The number of hydrogen-bond acceptors (Lipinski definition) is 6. The number of amides is 1. The van der Waals surface area contributed by atoms with E-state index in [2.05, 4.69) is 27.1 Å². The number of benzene rings is 1. The number of piperazine rings is 1. The second-order valence-electron chi connectivity index (χ2n) is 7.91. The fraction of sp³-hybridized carbons (Fsp3) is 0.429. The Kier molecular flexibility index (Phi) is 6.22. The Morgan fingerprint density at radius 1 is 1.06 bits per heavy atom. The molecule has 2 aromatic rings. The molecule has 4 rings (SSSR count). The third kappa shape index (κ3) is 4.70. The van der Waals surface area contributed by atoms with E-state index in [0.29, 0.717) is 18.5 Å². The molecular weight excluding hydrogens is 421 g/mol. The molecule has 0 spiro atoms. The molecule has 0 radical (unpaired) electrons. The van der Waals surface area contributed by atoms with E-state index in [1.807, 2.05) is 6.07 Å². The lowest BCUT2D eigenvalue weighted by atomic mass is 10.2. The van der Waals surface area contributed by atoms with Crippen LogP contribution in [0.15, 0.2) is 47.5 Å². The maximum Gasteiger partial charge on any atom is 0.243 e. The molecule has 2 aliphatic rings. The average molecular weight is 448 g/mol. The van der Waals surface area contributed by atoms with Crippen LogP contribution in [0.25, 0.3) is 0 Å². The number of anilines is 2. The van der Waals surface area contributed by atoms with Crippen molar-refractivity contribution in [3.8, 4) is 0 Å². The number of nitrogens with zero attached hydrogens (tertiary/aromatic N) is 4. The smallest absolute Gasteiger partial charge is 0.243 e. The Morgan fingerprint density at radius 3 is 2.42 bits per heavy atom. The van der Waals surface area contributed by atoms with Crippen LogP contribution in [-0.2, 0) is 14.8 Å². The van der Waals surface area contributed by atoms with Gasteiger partial charge in [-0.15, -0.1) is 0 Å². The zero-order valence-corrected chi connectivity index (χ0v) is 18.2. The van der Waals surface area contributed by atoms with Gasteiger partial charge in [0.05, 0.1) is 16.8 Å². The van der Waals surface area contributed by atoms with Crippen molar-refractivity contribution in [3.05, 3.63) is 48.4 Å². The van der Waals surface area contributed by atoms with Gasteiger partial charge in [-0.2, -0.15) is 4.31 Å². The van der Waals surface area contributed by atoms with Crippen LogP contribution in [0.3, 0.4) is 0 Å². The molecular formula is C21H26FN5O3S. The summed E-state index contributed by atoms with van der Waals surface area (Å²) in [4.78, 5) is 21.7. The number of rotatable bonds is 5. The van der Waals surface area contributed by atoms with E-state index in [1.54, 1.807) is 12.3 Å². The largest absolute Gasteiger partial charge is 0.354 e. The summed E-state index contributed by atoms with van der Waals surface area (Å²) in [7, 11) is -1.80. The molecule has 3 heterocycles. The van der Waals surface area contributed by atoms with Gasteiger partial charge in [0, 0.05) is 32.7 Å². The monoisotopic (exact) mass is 447 g/mol. The number of sulfonamides is 1. The van der Waals surface area contributed by atoms with Gasteiger partial charge in [-0.25, -0.2) is 17.8 Å². The second kappa shape index (κ2) is 8.89. The van der Waals surface area contributed by atoms with E-state index >= 15 is 0 Å². The molecule has 31 heavy (non-hydrogen) atoms. The summed E-state index contributed by atoms with van der Waals surface area (Å²) in [5.41, 5.74) is 0.522. The van der Waals surface area contributed by atoms with Crippen LogP contribution in [0.2, 0.25) is 0 Å². The van der Waals surface area contributed by atoms with Crippen LogP contribution in [-0.4, -0.2) is 74.3 Å². The van der Waals surface area contributed by atoms with Crippen molar-refractivity contribution in [1.29, 1.82) is 0 Å². The number of halogens is 1. The highest BCUT2D eigenvalue weighted by atomic mass is 32.2. The van der Waals surface area contributed by atoms with Crippen LogP contribution in [0, 0.1) is 5.82 Å². The molecule has 10 heteroatoms. The molecule has 0 saturated carbocycles. The Labute approximate surface area is 181 Å². The quantitative estimate of drug-likeness (QED) is 0.752. The van der Waals surface area contributed by atoms with E-state index in [1.165, 1.54) is 16.4 Å². The molecule has 0 unspecified atom stereocenters. The van der Waals surface area contributed by atoms with Crippen molar-refractivity contribution in [2.75, 3.05) is 50.0 Å². The fourth-order valence-corrected chi connectivity index (χ4v) is 5.60. The number of likely N-dealkylation sites (N-methyl/N-ethyl adjacent to an activating group) is 1. The first-order chi connectivity index (χ1) is 14.8. The summed E-state index contributed by atoms with van der Waals surface area (Å²) in [6, 6.07) is 7.48. The number of carbonyl (C=O) groups is 1. The minimum atomic E-state index is -3.89. The summed E-state index contributed by atoms with van der Waals surface area (Å²) in [6.07, 6.45) is 2.61. The predicted molar refractivity (Wildman–Crippen MR) is 116 cm³/mol. The van der Waals surface area contributed by atoms with Gasteiger partial charge in [0.25, 0.3) is 0 Å². The molecule has 1 N–H and O–H groups in total. The highest BCUT2D eigenvalue weighted by Crippen LogP contribution is 2.27. The molecule has 1 aromatic carbocycles. The van der Waals surface area contributed by atoms with Gasteiger partial charge in [0.1, 0.15) is 17.7 Å². The minimum absolute atomic E-state index is 0.0215. The van der Waals surface area contributed by atoms with Crippen molar-refractivity contribution < 1.29 is 17.6 Å². The lowest BCUT2D eigenvalue weighted by Gasteiger charge is -2.33. The van der Waals surface area contributed by atoms with Crippen LogP contribution < -0.4 is 10.2 Å². The van der Waals surface area contributed by atoms with Gasteiger partial charge in [-0.1, -0.05) is 0 Å². The zero-order valence-electron chi connectivity index (χ0n) is 17.4. The van der Waals surface area contributed by atoms with Crippen LogP contribution >= 0.6 is 0 Å². The topological polar surface area (TPSA) is 85.9 Å². The summed E-state index contributed by atoms with van der Waals surface area (Å²) < 4.78 is 40.3. The number of nitrogens with one attached hydrogen (secondary N) is 1. The second-order valence-corrected chi connectivity index (χ2v) is 9.80.